The Morgan fingerprint density at radius 3 is 3.06 bits per heavy atom. The fraction of sp³-hybridized carbons (Fsp3) is 0.615. The lowest BCUT2D eigenvalue weighted by molar-refractivity contribution is 0.0533. The average Bonchev–Trinajstić information content (AvgIpc) is 2.96. The van der Waals surface area contributed by atoms with Crippen LogP contribution in [0.15, 0.2) is 23.0 Å². The van der Waals surface area contributed by atoms with Gasteiger partial charge in [-0.3, -0.25) is 4.79 Å². The third-order valence-electron chi connectivity index (χ3n) is 3.23. The summed E-state index contributed by atoms with van der Waals surface area (Å²) in [5, 5.41) is 2.93. The van der Waals surface area contributed by atoms with Crippen molar-refractivity contribution < 1.29 is 13.9 Å². The van der Waals surface area contributed by atoms with Gasteiger partial charge in [-0.1, -0.05) is 13.8 Å². The van der Waals surface area contributed by atoms with E-state index in [1.807, 2.05) is 0 Å². The Morgan fingerprint density at radius 1 is 1.59 bits per heavy atom. The summed E-state index contributed by atoms with van der Waals surface area (Å²) in [6.45, 7) is 5.78. The summed E-state index contributed by atoms with van der Waals surface area (Å²) in [6.07, 6.45) is 4.25. The molecule has 1 aromatic heterocycles. The molecule has 0 aromatic carbocycles. The zero-order chi connectivity index (χ0) is 12.3. The second-order valence-electron chi connectivity index (χ2n) is 4.85. The van der Waals surface area contributed by atoms with Crippen LogP contribution in [0.5, 0.6) is 0 Å². The maximum absolute atomic E-state index is 11.7. The monoisotopic (exact) mass is 237 g/mol. The molecule has 2 atom stereocenters. The minimum atomic E-state index is -0.0758. The minimum Gasteiger partial charge on any atom is -0.472 e. The van der Waals surface area contributed by atoms with Gasteiger partial charge in [-0.25, -0.2) is 0 Å². The van der Waals surface area contributed by atoms with E-state index in [0.29, 0.717) is 23.9 Å². The maximum Gasteiger partial charge on any atom is 0.254 e. The van der Waals surface area contributed by atoms with Gasteiger partial charge in [-0.2, -0.15) is 0 Å². The molecule has 4 heteroatoms. The molecule has 0 aliphatic carbocycles. The fourth-order valence-corrected chi connectivity index (χ4v) is 2.33. The van der Waals surface area contributed by atoms with Crippen LogP contribution in [-0.2, 0) is 4.74 Å². The summed E-state index contributed by atoms with van der Waals surface area (Å²) in [7, 11) is 0. The van der Waals surface area contributed by atoms with Crippen molar-refractivity contribution >= 4 is 5.91 Å². The van der Waals surface area contributed by atoms with Gasteiger partial charge >= 0.3 is 0 Å². The molecule has 1 aromatic rings. The molecule has 1 aliphatic rings. The lowest BCUT2D eigenvalue weighted by Crippen LogP contribution is -2.34. The number of carbonyl (C=O) groups excluding carboxylic acids is 1. The zero-order valence-electron chi connectivity index (χ0n) is 10.3. The van der Waals surface area contributed by atoms with E-state index in [9.17, 15) is 4.79 Å². The molecule has 1 aliphatic heterocycles. The Balaban J connectivity index is 1.84. The number of hydrogen-bond acceptors (Lipinski definition) is 3. The largest absolute Gasteiger partial charge is 0.472 e. The van der Waals surface area contributed by atoms with Crippen LogP contribution in [0.1, 0.15) is 30.6 Å². The molecule has 4 nitrogen and oxygen atoms in total. The highest BCUT2D eigenvalue weighted by atomic mass is 16.5. The number of ether oxygens (including phenoxy) is 1. The van der Waals surface area contributed by atoms with E-state index < -0.39 is 0 Å². The zero-order valence-corrected chi connectivity index (χ0v) is 10.3. The van der Waals surface area contributed by atoms with Crippen LogP contribution < -0.4 is 5.32 Å². The van der Waals surface area contributed by atoms with Gasteiger partial charge in [0.1, 0.15) is 6.26 Å². The fourth-order valence-electron chi connectivity index (χ4n) is 2.33. The van der Waals surface area contributed by atoms with Gasteiger partial charge in [0.05, 0.1) is 17.9 Å². The van der Waals surface area contributed by atoms with Gasteiger partial charge in [-0.05, 0) is 18.4 Å². The third kappa shape index (κ3) is 2.88. The summed E-state index contributed by atoms with van der Waals surface area (Å²) in [5.74, 6) is 0.840. The molecule has 0 radical (unpaired) electrons. The normalized spacial score (nSPS) is 24.2. The van der Waals surface area contributed by atoms with E-state index in [4.69, 9.17) is 9.15 Å². The Labute approximate surface area is 101 Å². The van der Waals surface area contributed by atoms with Crippen molar-refractivity contribution in [2.24, 2.45) is 11.8 Å². The maximum atomic E-state index is 11.7. The topological polar surface area (TPSA) is 51.5 Å². The predicted molar refractivity (Wildman–Crippen MR) is 63.7 cm³/mol. The molecule has 2 heterocycles. The van der Waals surface area contributed by atoms with Crippen molar-refractivity contribution in [2.75, 3.05) is 13.2 Å². The summed E-state index contributed by atoms with van der Waals surface area (Å²) in [4.78, 5) is 11.7. The number of hydrogen-bond donors (Lipinski definition) is 1. The number of furan rings is 1. The van der Waals surface area contributed by atoms with Gasteiger partial charge in [0.2, 0.25) is 0 Å². The van der Waals surface area contributed by atoms with Gasteiger partial charge in [0.15, 0.2) is 0 Å². The molecule has 1 fully saturated rings. The van der Waals surface area contributed by atoms with E-state index >= 15 is 0 Å². The second-order valence-corrected chi connectivity index (χ2v) is 4.85. The van der Waals surface area contributed by atoms with E-state index in [-0.39, 0.29) is 12.0 Å². The van der Waals surface area contributed by atoms with Crippen LogP contribution in [0.4, 0.5) is 0 Å². The predicted octanol–water partition coefficient (Wildman–Crippen LogP) is 2.07. The molecule has 1 N–H and O–H groups in total. The van der Waals surface area contributed by atoms with E-state index in [1.54, 1.807) is 6.07 Å². The van der Waals surface area contributed by atoms with Gasteiger partial charge in [-0.15, -0.1) is 0 Å². The molecule has 1 amide bonds. The van der Waals surface area contributed by atoms with E-state index in [0.717, 1.165) is 13.0 Å². The van der Waals surface area contributed by atoms with Gasteiger partial charge in [0, 0.05) is 19.1 Å². The number of amides is 1. The molecule has 17 heavy (non-hydrogen) atoms. The van der Waals surface area contributed by atoms with Crippen LogP contribution in [0.2, 0.25) is 0 Å². The molecule has 2 rings (SSSR count). The SMILES string of the molecule is CC(C)[C@H]1OCC[C@@H]1CNC(=O)c1ccoc1. The molecular weight excluding hydrogens is 218 g/mol. The van der Waals surface area contributed by atoms with Gasteiger partial charge in [0.25, 0.3) is 5.91 Å². The minimum absolute atomic E-state index is 0.0758. The van der Waals surface area contributed by atoms with E-state index in [1.165, 1.54) is 12.5 Å². The molecule has 0 saturated carbocycles. The lowest BCUT2D eigenvalue weighted by Gasteiger charge is -2.22. The van der Waals surface area contributed by atoms with Gasteiger partial charge < -0.3 is 14.5 Å². The van der Waals surface area contributed by atoms with Crippen molar-refractivity contribution in [1.82, 2.24) is 5.32 Å². The third-order valence-corrected chi connectivity index (χ3v) is 3.23. The summed E-state index contributed by atoms with van der Waals surface area (Å²) in [5.41, 5.74) is 0.574. The molecular formula is C13H19NO3. The first-order valence-electron chi connectivity index (χ1n) is 6.10. The Kier molecular flexibility index (Phi) is 3.84. The molecule has 0 unspecified atom stereocenters. The van der Waals surface area contributed by atoms with E-state index in [2.05, 4.69) is 19.2 Å². The van der Waals surface area contributed by atoms with Crippen molar-refractivity contribution in [2.45, 2.75) is 26.4 Å². The van der Waals surface area contributed by atoms with Crippen molar-refractivity contribution in [3.63, 3.8) is 0 Å². The molecule has 0 spiro atoms. The number of carbonyl (C=O) groups is 1. The Bertz CT molecular complexity index is 359. The standard InChI is InChI=1S/C13H19NO3/c1-9(2)12-10(4-6-17-12)7-14-13(15)11-3-5-16-8-11/h3,5,8-10,12H,4,6-7H2,1-2H3,(H,14,15)/t10-,12-/m1/s1. The first-order valence-corrected chi connectivity index (χ1v) is 6.10. The quantitative estimate of drug-likeness (QED) is 0.872. The Morgan fingerprint density at radius 2 is 2.41 bits per heavy atom. The van der Waals surface area contributed by atoms with Crippen molar-refractivity contribution in [3.8, 4) is 0 Å². The van der Waals surface area contributed by atoms with Crippen molar-refractivity contribution in [1.29, 1.82) is 0 Å². The molecule has 0 bridgehead atoms. The summed E-state index contributed by atoms with van der Waals surface area (Å²) in [6, 6.07) is 1.67. The van der Waals surface area contributed by atoms with Crippen molar-refractivity contribution in [3.05, 3.63) is 24.2 Å². The number of rotatable bonds is 4. The highest BCUT2D eigenvalue weighted by molar-refractivity contribution is 5.93. The highest BCUT2D eigenvalue weighted by Gasteiger charge is 2.30. The lowest BCUT2D eigenvalue weighted by atomic mass is 9.93. The average molecular weight is 237 g/mol. The van der Waals surface area contributed by atoms with Crippen LogP contribution in [0, 0.1) is 11.8 Å². The summed E-state index contributed by atoms with van der Waals surface area (Å²) >= 11 is 0. The van der Waals surface area contributed by atoms with Crippen LogP contribution in [-0.4, -0.2) is 25.2 Å². The first-order chi connectivity index (χ1) is 8.18. The van der Waals surface area contributed by atoms with Crippen LogP contribution >= 0.6 is 0 Å². The van der Waals surface area contributed by atoms with Crippen LogP contribution in [0.3, 0.4) is 0 Å². The molecule has 1 saturated heterocycles. The van der Waals surface area contributed by atoms with Crippen LogP contribution in [0.25, 0.3) is 0 Å². The highest BCUT2D eigenvalue weighted by Crippen LogP contribution is 2.26. The second kappa shape index (κ2) is 5.36. The smallest absolute Gasteiger partial charge is 0.254 e. The first kappa shape index (κ1) is 12.2. The number of nitrogens with one attached hydrogen (secondary N) is 1. The Hall–Kier alpha value is -1.29. The summed E-state index contributed by atoms with van der Waals surface area (Å²) < 4.78 is 10.6. The molecule has 94 valence electrons.